The van der Waals surface area contributed by atoms with Crippen molar-refractivity contribution in [2.45, 2.75) is 39.2 Å². The number of rotatable bonds is 7. The molecule has 0 unspecified atom stereocenters. The molecule has 0 bridgehead atoms. The summed E-state index contributed by atoms with van der Waals surface area (Å²) < 4.78 is 30.2. The first-order valence-corrected chi connectivity index (χ1v) is 10.9. The summed E-state index contributed by atoms with van der Waals surface area (Å²) in [5.41, 5.74) is 10.1. The summed E-state index contributed by atoms with van der Waals surface area (Å²) in [5.74, 6) is -0.680. The molecule has 0 aromatic heterocycles. The standard InChI is InChI=1S/C28H27F2N/c1-2-3-4-5-19-8-13-25-22(16-19)12-15-26(28(25)30)23-11-14-24(27(29)17-23)21-9-6-20(18-31)7-10-21/h6-17H,2-5,18,31H2,1H3. The number of hydrogen-bond acceptors (Lipinski definition) is 1. The molecule has 158 valence electrons. The maximum atomic E-state index is 15.3. The Bertz CT molecular complexity index is 1200. The lowest BCUT2D eigenvalue weighted by Gasteiger charge is -2.11. The van der Waals surface area contributed by atoms with Gasteiger partial charge in [0.2, 0.25) is 0 Å². The molecule has 3 heteroatoms. The molecule has 0 heterocycles. The van der Waals surface area contributed by atoms with Gasteiger partial charge in [0, 0.05) is 23.1 Å². The molecule has 0 atom stereocenters. The molecule has 0 amide bonds. The van der Waals surface area contributed by atoms with Gasteiger partial charge in [-0.25, -0.2) is 8.78 Å². The highest BCUT2D eigenvalue weighted by atomic mass is 19.1. The lowest BCUT2D eigenvalue weighted by Crippen LogP contribution is -1.95. The van der Waals surface area contributed by atoms with Crippen LogP contribution in [-0.4, -0.2) is 0 Å². The third-order valence-corrected chi connectivity index (χ3v) is 5.87. The second kappa shape index (κ2) is 9.40. The Balaban J connectivity index is 1.65. The van der Waals surface area contributed by atoms with E-state index in [2.05, 4.69) is 13.0 Å². The van der Waals surface area contributed by atoms with Crippen molar-refractivity contribution in [1.29, 1.82) is 0 Å². The lowest BCUT2D eigenvalue weighted by atomic mass is 9.95. The van der Waals surface area contributed by atoms with Gasteiger partial charge in [-0.05, 0) is 46.5 Å². The average Bonchev–Trinajstić information content (AvgIpc) is 2.79. The van der Waals surface area contributed by atoms with E-state index in [1.54, 1.807) is 18.2 Å². The lowest BCUT2D eigenvalue weighted by molar-refractivity contribution is 0.630. The van der Waals surface area contributed by atoms with E-state index in [9.17, 15) is 4.39 Å². The van der Waals surface area contributed by atoms with E-state index in [0.717, 1.165) is 29.4 Å². The molecule has 4 rings (SSSR count). The van der Waals surface area contributed by atoms with Gasteiger partial charge in [-0.3, -0.25) is 0 Å². The third kappa shape index (κ3) is 4.52. The van der Waals surface area contributed by atoms with Crippen LogP contribution in [0.15, 0.2) is 72.8 Å². The van der Waals surface area contributed by atoms with E-state index in [-0.39, 0.29) is 11.6 Å². The molecule has 0 aliphatic carbocycles. The third-order valence-electron chi connectivity index (χ3n) is 5.87. The fourth-order valence-corrected chi connectivity index (χ4v) is 4.04. The molecular formula is C28H27F2N. The summed E-state index contributed by atoms with van der Waals surface area (Å²) in [6.07, 6.45) is 4.53. The Morgan fingerprint density at radius 1 is 0.710 bits per heavy atom. The van der Waals surface area contributed by atoms with Crippen molar-refractivity contribution >= 4 is 10.8 Å². The predicted molar refractivity (Wildman–Crippen MR) is 126 cm³/mol. The Hall–Kier alpha value is -3.04. The molecular weight excluding hydrogens is 388 g/mol. The number of fused-ring (bicyclic) bond motifs is 1. The molecule has 2 N–H and O–H groups in total. The van der Waals surface area contributed by atoms with Crippen LogP contribution >= 0.6 is 0 Å². The van der Waals surface area contributed by atoms with Crippen LogP contribution in [0.4, 0.5) is 8.78 Å². The van der Waals surface area contributed by atoms with Crippen LogP contribution in [0.1, 0.15) is 37.3 Å². The van der Waals surface area contributed by atoms with Gasteiger partial charge >= 0.3 is 0 Å². The summed E-state index contributed by atoms with van der Waals surface area (Å²) in [7, 11) is 0. The van der Waals surface area contributed by atoms with Crippen LogP contribution in [0.25, 0.3) is 33.0 Å². The van der Waals surface area contributed by atoms with Gasteiger partial charge in [0.1, 0.15) is 11.6 Å². The van der Waals surface area contributed by atoms with Crippen LogP contribution in [0, 0.1) is 11.6 Å². The minimum absolute atomic E-state index is 0.308. The smallest absolute Gasteiger partial charge is 0.138 e. The zero-order valence-corrected chi connectivity index (χ0v) is 17.8. The van der Waals surface area contributed by atoms with Crippen molar-refractivity contribution in [1.82, 2.24) is 0 Å². The second-order valence-corrected chi connectivity index (χ2v) is 8.04. The minimum atomic E-state index is -0.372. The maximum absolute atomic E-state index is 15.3. The van der Waals surface area contributed by atoms with Gasteiger partial charge in [0.05, 0.1) is 0 Å². The van der Waals surface area contributed by atoms with Gasteiger partial charge in [-0.15, -0.1) is 0 Å². The number of nitrogens with two attached hydrogens (primary N) is 1. The Labute approximate surface area is 182 Å². The zero-order chi connectivity index (χ0) is 21.8. The van der Waals surface area contributed by atoms with E-state index < -0.39 is 0 Å². The zero-order valence-electron chi connectivity index (χ0n) is 17.8. The van der Waals surface area contributed by atoms with Gasteiger partial charge in [-0.1, -0.05) is 86.5 Å². The summed E-state index contributed by atoms with van der Waals surface area (Å²) in [6.45, 7) is 2.63. The van der Waals surface area contributed by atoms with Crippen LogP contribution < -0.4 is 5.73 Å². The number of benzene rings is 4. The summed E-state index contributed by atoms with van der Waals surface area (Å²) in [5, 5.41) is 1.45. The van der Waals surface area contributed by atoms with E-state index >= 15 is 4.39 Å². The molecule has 0 radical (unpaired) electrons. The SMILES string of the molecule is CCCCCc1ccc2c(F)c(-c3ccc(-c4ccc(CN)cc4)c(F)c3)ccc2c1. The first-order valence-electron chi connectivity index (χ1n) is 10.9. The Morgan fingerprint density at radius 2 is 1.42 bits per heavy atom. The van der Waals surface area contributed by atoms with E-state index in [1.807, 2.05) is 42.5 Å². The van der Waals surface area contributed by atoms with Gasteiger partial charge in [0.15, 0.2) is 0 Å². The fourth-order valence-electron chi connectivity index (χ4n) is 4.04. The van der Waals surface area contributed by atoms with Crippen LogP contribution in [0.5, 0.6) is 0 Å². The number of hydrogen-bond donors (Lipinski definition) is 1. The molecule has 31 heavy (non-hydrogen) atoms. The molecule has 0 fully saturated rings. The van der Waals surface area contributed by atoms with Gasteiger partial charge < -0.3 is 5.73 Å². The number of unbranched alkanes of at least 4 members (excludes halogenated alkanes) is 2. The van der Waals surface area contributed by atoms with Crippen molar-refractivity contribution in [2.75, 3.05) is 0 Å². The number of halogens is 2. The molecule has 4 aromatic rings. The molecule has 0 saturated heterocycles. The molecule has 0 aliphatic heterocycles. The average molecular weight is 416 g/mol. The van der Waals surface area contributed by atoms with E-state index in [0.29, 0.717) is 28.6 Å². The van der Waals surface area contributed by atoms with Crippen molar-refractivity contribution in [3.05, 3.63) is 95.6 Å². The highest BCUT2D eigenvalue weighted by Gasteiger charge is 2.13. The summed E-state index contributed by atoms with van der Waals surface area (Å²) in [6, 6.07) is 22.0. The predicted octanol–water partition coefficient (Wildman–Crippen LogP) is 7.64. The van der Waals surface area contributed by atoms with E-state index in [4.69, 9.17) is 5.73 Å². The Kier molecular flexibility index (Phi) is 6.43. The van der Waals surface area contributed by atoms with Crippen LogP contribution in [-0.2, 0) is 13.0 Å². The molecule has 1 nitrogen and oxygen atoms in total. The summed E-state index contributed by atoms with van der Waals surface area (Å²) in [4.78, 5) is 0. The highest BCUT2D eigenvalue weighted by Crippen LogP contribution is 2.33. The normalized spacial score (nSPS) is 11.2. The first kappa shape index (κ1) is 21.2. The molecule has 0 spiro atoms. The van der Waals surface area contributed by atoms with Crippen LogP contribution in [0.3, 0.4) is 0 Å². The van der Waals surface area contributed by atoms with Crippen molar-refractivity contribution in [3.8, 4) is 22.3 Å². The Morgan fingerprint density at radius 3 is 2.13 bits per heavy atom. The molecule has 0 aliphatic rings. The van der Waals surface area contributed by atoms with E-state index in [1.165, 1.54) is 24.5 Å². The van der Waals surface area contributed by atoms with Crippen molar-refractivity contribution in [2.24, 2.45) is 5.73 Å². The van der Waals surface area contributed by atoms with Crippen molar-refractivity contribution < 1.29 is 8.78 Å². The minimum Gasteiger partial charge on any atom is -0.326 e. The largest absolute Gasteiger partial charge is 0.326 e. The second-order valence-electron chi connectivity index (χ2n) is 8.04. The monoisotopic (exact) mass is 415 g/mol. The van der Waals surface area contributed by atoms with Crippen LogP contribution in [0.2, 0.25) is 0 Å². The topological polar surface area (TPSA) is 26.0 Å². The first-order chi connectivity index (χ1) is 15.1. The molecule has 4 aromatic carbocycles. The number of aryl methyl sites for hydroxylation is 1. The van der Waals surface area contributed by atoms with Crippen molar-refractivity contribution in [3.63, 3.8) is 0 Å². The van der Waals surface area contributed by atoms with Gasteiger partial charge in [0.25, 0.3) is 0 Å². The van der Waals surface area contributed by atoms with Gasteiger partial charge in [-0.2, -0.15) is 0 Å². The molecule has 0 saturated carbocycles. The maximum Gasteiger partial charge on any atom is 0.138 e. The summed E-state index contributed by atoms with van der Waals surface area (Å²) >= 11 is 0. The quantitative estimate of drug-likeness (QED) is 0.308. The highest BCUT2D eigenvalue weighted by molar-refractivity contribution is 5.89. The fraction of sp³-hybridized carbons (Fsp3) is 0.214.